The van der Waals surface area contributed by atoms with E-state index >= 15 is 0 Å². The maximum absolute atomic E-state index is 13.5. The highest BCUT2D eigenvalue weighted by atomic mass is 35.5. The first-order chi connectivity index (χ1) is 9.19. The standard InChI is InChI=1S/C14H14ClFN2O/c1-19-14-5-2-10(8-18-14)7-17-9-11-6-12(15)3-4-13(11)16/h2-6,8,17H,7,9H2,1H3. The van der Waals surface area contributed by atoms with Crippen LogP contribution in [0.5, 0.6) is 5.88 Å². The quantitative estimate of drug-likeness (QED) is 0.913. The van der Waals surface area contributed by atoms with Crippen LogP contribution in [0.4, 0.5) is 4.39 Å². The Bertz CT molecular complexity index is 546. The van der Waals surface area contributed by atoms with Gasteiger partial charge in [0.05, 0.1) is 7.11 Å². The molecule has 0 fully saturated rings. The molecule has 5 heteroatoms. The predicted octanol–water partition coefficient (Wildman–Crippen LogP) is 3.17. The fraction of sp³-hybridized carbons (Fsp3) is 0.214. The molecule has 1 N–H and O–H groups in total. The molecule has 2 aromatic rings. The summed E-state index contributed by atoms with van der Waals surface area (Å²) in [5.41, 5.74) is 1.55. The molecule has 0 aliphatic carbocycles. The van der Waals surface area contributed by atoms with E-state index in [1.54, 1.807) is 25.4 Å². The minimum absolute atomic E-state index is 0.259. The van der Waals surface area contributed by atoms with Crippen LogP contribution in [0.25, 0.3) is 0 Å². The van der Waals surface area contributed by atoms with Gasteiger partial charge in [-0.05, 0) is 23.8 Å². The SMILES string of the molecule is COc1ccc(CNCc2cc(Cl)ccc2F)cn1. The third kappa shape index (κ3) is 3.91. The molecule has 0 spiro atoms. The molecule has 1 aromatic heterocycles. The van der Waals surface area contributed by atoms with E-state index in [1.807, 2.05) is 6.07 Å². The summed E-state index contributed by atoms with van der Waals surface area (Å²) in [5.74, 6) is 0.314. The molecule has 19 heavy (non-hydrogen) atoms. The lowest BCUT2D eigenvalue weighted by Gasteiger charge is -2.07. The highest BCUT2D eigenvalue weighted by Crippen LogP contribution is 2.14. The van der Waals surface area contributed by atoms with Crippen LogP contribution in [-0.2, 0) is 13.1 Å². The van der Waals surface area contributed by atoms with Gasteiger partial charge in [0.15, 0.2) is 0 Å². The van der Waals surface area contributed by atoms with E-state index in [0.29, 0.717) is 29.6 Å². The molecule has 0 saturated carbocycles. The molecule has 100 valence electrons. The van der Waals surface area contributed by atoms with Crippen molar-refractivity contribution >= 4 is 11.6 Å². The summed E-state index contributed by atoms with van der Waals surface area (Å²) in [6.45, 7) is 1.02. The van der Waals surface area contributed by atoms with Crippen LogP contribution in [-0.4, -0.2) is 12.1 Å². The van der Waals surface area contributed by atoms with Gasteiger partial charge >= 0.3 is 0 Å². The Hall–Kier alpha value is -1.65. The van der Waals surface area contributed by atoms with Crippen LogP contribution in [0.3, 0.4) is 0 Å². The van der Waals surface area contributed by atoms with Crippen molar-refractivity contribution in [3.63, 3.8) is 0 Å². The van der Waals surface area contributed by atoms with Crippen molar-refractivity contribution in [3.05, 3.63) is 58.5 Å². The highest BCUT2D eigenvalue weighted by molar-refractivity contribution is 6.30. The number of halogens is 2. The summed E-state index contributed by atoms with van der Waals surface area (Å²) in [7, 11) is 1.57. The van der Waals surface area contributed by atoms with E-state index in [1.165, 1.54) is 12.1 Å². The van der Waals surface area contributed by atoms with Crippen molar-refractivity contribution in [3.8, 4) is 5.88 Å². The Kier molecular flexibility index (Phi) is 4.71. The van der Waals surface area contributed by atoms with Gasteiger partial charge in [0, 0.05) is 35.9 Å². The number of aromatic nitrogens is 1. The summed E-state index contributed by atoms with van der Waals surface area (Å²) in [4.78, 5) is 4.10. The van der Waals surface area contributed by atoms with E-state index < -0.39 is 0 Å². The number of hydrogen-bond acceptors (Lipinski definition) is 3. The van der Waals surface area contributed by atoms with Gasteiger partial charge in [0.25, 0.3) is 0 Å². The summed E-state index contributed by atoms with van der Waals surface area (Å²) >= 11 is 5.83. The Morgan fingerprint density at radius 3 is 2.79 bits per heavy atom. The average molecular weight is 281 g/mol. The lowest BCUT2D eigenvalue weighted by molar-refractivity contribution is 0.397. The molecular formula is C14H14ClFN2O. The van der Waals surface area contributed by atoms with Crippen molar-refractivity contribution in [2.75, 3.05) is 7.11 Å². The fourth-order valence-electron chi connectivity index (χ4n) is 1.66. The Labute approximate surface area is 116 Å². The zero-order valence-corrected chi connectivity index (χ0v) is 11.2. The monoisotopic (exact) mass is 280 g/mol. The zero-order valence-electron chi connectivity index (χ0n) is 10.5. The smallest absolute Gasteiger partial charge is 0.212 e. The van der Waals surface area contributed by atoms with Crippen molar-refractivity contribution in [2.24, 2.45) is 0 Å². The predicted molar refractivity (Wildman–Crippen MR) is 72.7 cm³/mol. The maximum atomic E-state index is 13.5. The Balaban J connectivity index is 1.90. The summed E-state index contributed by atoms with van der Waals surface area (Å²) in [5, 5.41) is 3.68. The molecule has 0 aliphatic rings. The number of pyridine rings is 1. The third-order valence-electron chi connectivity index (χ3n) is 2.66. The second-order valence-corrected chi connectivity index (χ2v) is 4.48. The molecule has 0 amide bonds. The summed E-state index contributed by atoms with van der Waals surface area (Å²) < 4.78 is 18.4. The van der Waals surface area contributed by atoms with Crippen LogP contribution in [0.15, 0.2) is 36.5 Å². The molecule has 0 saturated heterocycles. The highest BCUT2D eigenvalue weighted by Gasteiger charge is 2.03. The van der Waals surface area contributed by atoms with E-state index in [0.717, 1.165) is 5.56 Å². The lowest BCUT2D eigenvalue weighted by Crippen LogP contribution is -2.13. The molecule has 2 rings (SSSR count). The first-order valence-corrected chi connectivity index (χ1v) is 6.20. The van der Waals surface area contributed by atoms with Crippen molar-refractivity contribution in [1.82, 2.24) is 10.3 Å². The number of ether oxygens (including phenoxy) is 1. The second-order valence-electron chi connectivity index (χ2n) is 4.05. The van der Waals surface area contributed by atoms with Crippen LogP contribution in [0.2, 0.25) is 5.02 Å². The minimum atomic E-state index is -0.259. The van der Waals surface area contributed by atoms with Gasteiger partial charge in [-0.2, -0.15) is 0 Å². The van der Waals surface area contributed by atoms with E-state index in [2.05, 4.69) is 10.3 Å². The van der Waals surface area contributed by atoms with Gasteiger partial charge < -0.3 is 10.1 Å². The molecule has 0 atom stereocenters. The summed E-state index contributed by atoms with van der Waals surface area (Å²) in [6.07, 6.45) is 1.72. The lowest BCUT2D eigenvalue weighted by atomic mass is 10.2. The molecule has 1 aromatic carbocycles. The van der Waals surface area contributed by atoms with E-state index in [9.17, 15) is 4.39 Å². The van der Waals surface area contributed by atoms with Gasteiger partial charge in [-0.15, -0.1) is 0 Å². The number of hydrogen-bond donors (Lipinski definition) is 1. The van der Waals surface area contributed by atoms with Gasteiger partial charge in [-0.1, -0.05) is 17.7 Å². The maximum Gasteiger partial charge on any atom is 0.212 e. The topological polar surface area (TPSA) is 34.1 Å². The Morgan fingerprint density at radius 1 is 1.26 bits per heavy atom. The average Bonchev–Trinajstić information content (AvgIpc) is 2.43. The van der Waals surface area contributed by atoms with Crippen LogP contribution in [0.1, 0.15) is 11.1 Å². The van der Waals surface area contributed by atoms with Gasteiger partial charge in [0.2, 0.25) is 5.88 Å². The number of rotatable bonds is 5. The third-order valence-corrected chi connectivity index (χ3v) is 2.89. The fourth-order valence-corrected chi connectivity index (χ4v) is 1.85. The first-order valence-electron chi connectivity index (χ1n) is 5.82. The number of nitrogens with one attached hydrogen (secondary N) is 1. The Morgan fingerprint density at radius 2 is 2.11 bits per heavy atom. The van der Waals surface area contributed by atoms with Crippen molar-refractivity contribution < 1.29 is 9.13 Å². The number of methoxy groups -OCH3 is 1. The molecule has 0 bridgehead atoms. The molecule has 1 heterocycles. The van der Waals surface area contributed by atoms with Gasteiger partial charge in [-0.3, -0.25) is 0 Å². The van der Waals surface area contributed by atoms with Gasteiger partial charge in [0.1, 0.15) is 5.82 Å². The largest absolute Gasteiger partial charge is 0.481 e. The van der Waals surface area contributed by atoms with Crippen molar-refractivity contribution in [1.29, 1.82) is 0 Å². The minimum Gasteiger partial charge on any atom is -0.481 e. The van der Waals surface area contributed by atoms with E-state index in [4.69, 9.17) is 16.3 Å². The van der Waals surface area contributed by atoms with Crippen molar-refractivity contribution in [2.45, 2.75) is 13.1 Å². The van der Waals surface area contributed by atoms with Crippen LogP contribution >= 0.6 is 11.6 Å². The molecule has 0 aliphatic heterocycles. The first kappa shape index (κ1) is 13.8. The summed E-state index contributed by atoms with van der Waals surface area (Å²) in [6, 6.07) is 8.22. The van der Waals surface area contributed by atoms with E-state index in [-0.39, 0.29) is 5.82 Å². The number of benzene rings is 1. The molecular weight excluding hydrogens is 267 g/mol. The number of nitrogens with zero attached hydrogens (tertiary/aromatic N) is 1. The molecule has 0 unspecified atom stereocenters. The normalized spacial score (nSPS) is 10.5. The zero-order chi connectivity index (χ0) is 13.7. The van der Waals surface area contributed by atoms with Gasteiger partial charge in [-0.25, -0.2) is 9.37 Å². The molecule has 0 radical (unpaired) electrons. The second kappa shape index (κ2) is 6.50. The molecule has 3 nitrogen and oxygen atoms in total. The van der Waals surface area contributed by atoms with Crippen LogP contribution < -0.4 is 10.1 Å². The van der Waals surface area contributed by atoms with Crippen LogP contribution in [0, 0.1) is 5.82 Å².